The molecule has 1 atom stereocenters. The number of halogens is 2. The van der Waals surface area contributed by atoms with Crippen molar-refractivity contribution in [2.45, 2.75) is 19.9 Å². The average molecular weight is 476 g/mol. The van der Waals surface area contributed by atoms with Gasteiger partial charge in [-0.1, -0.05) is 59.7 Å². The molecule has 4 aromatic rings. The van der Waals surface area contributed by atoms with E-state index in [-0.39, 0.29) is 36.1 Å². The number of benzene rings is 3. The van der Waals surface area contributed by atoms with E-state index in [1.54, 1.807) is 22.9 Å². The molecule has 0 bridgehead atoms. The van der Waals surface area contributed by atoms with E-state index in [2.05, 4.69) is 20.7 Å². The van der Waals surface area contributed by atoms with Crippen molar-refractivity contribution in [3.8, 4) is 0 Å². The van der Waals surface area contributed by atoms with Gasteiger partial charge in [0.2, 0.25) is 5.95 Å². The molecule has 1 aliphatic heterocycles. The van der Waals surface area contributed by atoms with Crippen LogP contribution in [0.2, 0.25) is 0 Å². The van der Waals surface area contributed by atoms with Gasteiger partial charge in [-0.05, 0) is 55.3 Å². The van der Waals surface area contributed by atoms with Crippen molar-refractivity contribution in [2.24, 2.45) is 0 Å². The molecule has 3 aromatic carbocycles. The van der Waals surface area contributed by atoms with Gasteiger partial charge in [-0.2, -0.15) is 4.98 Å². The van der Waals surface area contributed by atoms with Crippen molar-refractivity contribution in [3.63, 3.8) is 0 Å². The zero-order valence-electron chi connectivity index (χ0n) is 18.6. The van der Waals surface area contributed by atoms with Crippen LogP contribution in [0.3, 0.4) is 0 Å². The quantitative estimate of drug-likeness (QED) is 0.393. The van der Waals surface area contributed by atoms with E-state index in [1.165, 1.54) is 12.1 Å². The Morgan fingerprint density at radius 2 is 1.74 bits per heavy atom. The van der Waals surface area contributed by atoms with Gasteiger partial charge in [0.25, 0.3) is 11.9 Å². The van der Waals surface area contributed by atoms with Crippen molar-refractivity contribution < 1.29 is 9.18 Å². The van der Waals surface area contributed by atoms with Gasteiger partial charge in [-0.25, -0.2) is 9.07 Å². The third-order valence-corrected chi connectivity index (χ3v) is 5.55. The molecule has 2 heterocycles. The van der Waals surface area contributed by atoms with Crippen molar-refractivity contribution in [1.29, 1.82) is 0 Å². The van der Waals surface area contributed by atoms with E-state index in [0.29, 0.717) is 11.5 Å². The fourth-order valence-electron chi connectivity index (χ4n) is 3.80. The lowest BCUT2D eigenvalue weighted by atomic mass is 10.0. The molecule has 2 N–H and O–H groups in total. The van der Waals surface area contributed by atoms with Gasteiger partial charge in [-0.15, -0.1) is 17.5 Å². The third-order valence-electron chi connectivity index (χ3n) is 5.55. The second-order valence-electron chi connectivity index (χ2n) is 8.09. The maximum atomic E-state index is 13.6. The van der Waals surface area contributed by atoms with E-state index >= 15 is 0 Å². The molecule has 0 radical (unpaired) electrons. The number of nitrogens with zero attached hydrogens (tertiary/aromatic N) is 3. The Balaban J connectivity index is 0.00000274. The van der Waals surface area contributed by atoms with Gasteiger partial charge >= 0.3 is 0 Å². The van der Waals surface area contributed by atoms with Crippen LogP contribution in [0, 0.1) is 19.7 Å². The predicted molar refractivity (Wildman–Crippen MR) is 134 cm³/mol. The average Bonchev–Trinajstić information content (AvgIpc) is 3.22. The minimum absolute atomic E-state index is 0. The maximum Gasteiger partial charge on any atom is 0.258 e. The highest BCUT2D eigenvalue weighted by Gasteiger charge is 2.26. The summed E-state index contributed by atoms with van der Waals surface area (Å²) in [7, 11) is 0. The van der Waals surface area contributed by atoms with Crippen LogP contribution in [0.5, 0.6) is 0 Å². The number of allylic oxidation sites excluding steroid dienone is 1. The smallest absolute Gasteiger partial charge is 0.258 e. The minimum atomic E-state index is -0.324. The highest BCUT2D eigenvalue weighted by Crippen LogP contribution is 2.33. The Labute approximate surface area is 203 Å². The Bertz CT molecular complexity index is 1360. The second kappa shape index (κ2) is 9.49. The summed E-state index contributed by atoms with van der Waals surface area (Å²) in [5.41, 5.74) is 5.39. The van der Waals surface area contributed by atoms with E-state index in [1.807, 2.05) is 62.4 Å². The maximum absolute atomic E-state index is 13.6. The van der Waals surface area contributed by atoms with Crippen LogP contribution in [0.25, 0.3) is 5.70 Å². The van der Waals surface area contributed by atoms with Gasteiger partial charge in [0.1, 0.15) is 11.9 Å². The van der Waals surface area contributed by atoms with Crippen molar-refractivity contribution in [1.82, 2.24) is 14.8 Å². The van der Waals surface area contributed by atoms with Gasteiger partial charge in [-0.3, -0.25) is 10.1 Å². The first-order valence-corrected chi connectivity index (χ1v) is 10.6. The van der Waals surface area contributed by atoms with Crippen LogP contribution in [0.4, 0.5) is 16.3 Å². The van der Waals surface area contributed by atoms with Crippen molar-refractivity contribution >= 4 is 35.9 Å². The van der Waals surface area contributed by atoms with Crippen LogP contribution in [-0.2, 0) is 0 Å². The number of rotatable bonds is 4. The monoisotopic (exact) mass is 475 g/mol. The molecule has 5 rings (SSSR count). The number of carbonyl (C=O) groups is 1. The first-order valence-electron chi connectivity index (χ1n) is 10.6. The largest absolute Gasteiger partial charge is 0.324 e. The highest BCUT2D eigenvalue weighted by atomic mass is 35.5. The van der Waals surface area contributed by atoms with Gasteiger partial charge < -0.3 is 5.32 Å². The van der Waals surface area contributed by atoms with E-state index in [9.17, 15) is 9.18 Å². The van der Waals surface area contributed by atoms with Crippen molar-refractivity contribution in [2.75, 3.05) is 10.6 Å². The first-order chi connectivity index (χ1) is 16.0. The number of amides is 1. The van der Waals surface area contributed by atoms with Gasteiger partial charge in [0, 0.05) is 11.3 Å². The fourth-order valence-corrected chi connectivity index (χ4v) is 3.80. The summed E-state index contributed by atoms with van der Waals surface area (Å²) in [5.74, 6) is 0.0867. The standard InChI is InChI=1S/C26H22FN5O.ClH/c1-16-6-8-18(9-7-16)22-15-23(19-10-12-21(27)13-11-19)32-26(28-22)30-25(31-32)29-24(33)20-5-3-4-17(2)14-20;/h3-15,23H,1-2H3,(H2,28,29,30,31,33);1H. The van der Waals surface area contributed by atoms with Crippen LogP contribution >= 0.6 is 12.4 Å². The summed E-state index contributed by atoms with van der Waals surface area (Å²) in [6.45, 7) is 3.97. The number of fused-ring (bicyclic) bond motifs is 1. The predicted octanol–water partition coefficient (Wildman–Crippen LogP) is 5.76. The van der Waals surface area contributed by atoms with Gasteiger partial charge in [0.05, 0.1) is 0 Å². The van der Waals surface area contributed by atoms with Crippen LogP contribution in [0.15, 0.2) is 78.9 Å². The molecule has 0 saturated heterocycles. The summed E-state index contributed by atoms with van der Waals surface area (Å²) in [4.78, 5) is 17.2. The Kier molecular flexibility index (Phi) is 6.47. The molecule has 0 saturated carbocycles. The SMILES string of the molecule is Cc1ccc(C2=CC(c3ccc(F)cc3)n3nc(NC(=O)c4cccc(C)c4)nc3N2)cc1.Cl. The molecule has 0 fully saturated rings. The molecule has 1 amide bonds. The molecule has 0 aliphatic carbocycles. The molecule has 6 nitrogen and oxygen atoms in total. The molecule has 0 spiro atoms. The lowest BCUT2D eigenvalue weighted by molar-refractivity contribution is 0.102. The minimum Gasteiger partial charge on any atom is -0.324 e. The zero-order valence-corrected chi connectivity index (χ0v) is 19.4. The first kappa shape index (κ1) is 23.2. The summed E-state index contributed by atoms with van der Waals surface area (Å²) < 4.78 is 15.2. The van der Waals surface area contributed by atoms with Gasteiger partial charge in [0.15, 0.2) is 0 Å². The summed E-state index contributed by atoms with van der Waals surface area (Å²) in [5, 5.41) is 10.6. The topological polar surface area (TPSA) is 71.8 Å². The molecule has 172 valence electrons. The summed E-state index contributed by atoms with van der Waals surface area (Å²) >= 11 is 0. The fraction of sp³-hybridized carbons (Fsp3) is 0.115. The molecule has 1 aromatic heterocycles. The zero-order chi connectivity index (χ0) is 22.9. The lowest BCUT2D eigenvalue weighted by Gasteiger charge is -2.24. The number of carbonyl (C=O) groups excluding carboxylic acids is 1. The Morgan fingerprint density at radius 1 is 1.00 bits per heavy atom. The van der Waals surface area contributed by atoms with E-state index in [4.69, 9.17) is 0 Å². The molecule has 1 aliphatic rings. The van der Waals surface area contributed by atoms with Crippen LogP contribution < -0.4 is 10.6 Å². The number of anilines is 2. The number of hydrogen-bond acceptors (Lipinski definition) is 4. The molecular formula is C26H23ClFN5O. The van der Waals surface area contributed by atoms with Crippen LogP contribution in [-0.4, -0.2) is 20.7 Å². The molecule has 1 unspecified atom stereocenters. The Hall–Kier alpha value is -3.97. The normalized spacial score (nSPS) is 14.3. The molecule has 34 heavy (non-hydrogen) atoms. The third kappa shape index (κ3) is 4.70. The number of aryl methyl sites for hydroxylation is 2. The van der Waals surface area contributed by atoms with E-state index < -0.39 is 0 Å². The number of nitrogens with one attached hydrogen (secondary N) is 2. The molecule has 8 heteroatoms. The van der Waals surface area contributed by atoms with Crippen molar-refractivity contribution in [3.05, 3.63) is 113 Å². The summed E-state index contributed by atoms with van der Waals surface area (Å²) in [6, 6.07) is 21.4. The molecular weight excluding hydrogens is 453 g/mol. The Morgan fingerprint density at radius 3 is 2.44 bits per heavy atom. The van der Waals surface area contributed by atoms with E-state index in [0.717, 1.165) is 28.0 Å². The highest BCUT2D eigenvalue weighted by molar-refractivity contribution is 6.03. The summed E-state index contributed by atoms with van der Waals surface area (Å²) in [6.07, 6.45) is 2.02. The number of aromatic nitrogens is 3. The lowest BCUT2D eigenvalue weighted by Crippen LogP contribution is -2.20. The second-order valence-corrected chi connectivity index (χ2v) is 8.09. The number of hydrogen-bond donors (Lipinski definition) is 2. The van der Waals surface area contributed by atoms with Crippen LogP contribution in [0.1, 0.15) is 38.7 Å².